The number of rotatable bonds is 6. The Bertz CT molecular complexity index is 1060. The third-order valence-corrected chi connectivity index (χ3v) is 5.41. The van der Waals surface area contributed by atoms with Gasteiger partial charge in [-0.2, -0.15) is 0 Å². The largest absolute Gasteiger partial charge is 0.411 e. The van der Waals surface area contributed by atoms with Crippen molar-refractivity contribution in [2.45, 2.75) is 17.4 Å². The summed E-state index contributed by atoms with van der Waals surface area (Å²) in [6.07, 6.45) is 0. The van der Waals surface area contributed by atoms with Crippen LogP contribution in [0, 0.1) is 6.92 Å². The quantitative estimate of drug-likeness (QED) is 0.311. The van der Waals surface area contributed by atoms with E-state index >= 15 is 0 Å². The first-order chi connectivity index (χ1) is 13.7. The minimum atomic E-state index is -0.463. The predicted molar refractivity (Wildman–Crippen MR) is 110 cm³/mol. The van der Waals surface area contributed by atoms with E-state index in [9.17, 15) is 4.79 Å². The second-order valence-electron chi connectivity index (χ2n) is 6.38. The summed E-state index contributed by atoms with van der Waals surface area (Å²) in [5, 5.41) is 8.20. The lowest BCUT2D eigenvalue weighted by Gasteiger charge is -2.14. The monoisotopic (exact) mass is 386 g/mol. The molecule has 5 heteroatoms. The first-order valence-electron chi connectivity index (χ1n) is 8.92. The van der Waals surface area contributed by atoms with Crippen LogP contribution in [0.25, 0.3) is 11.5 Å². The normalized spacial score (nSPS) is 11.9. The molecule has 1 heterocycles. The van der Waals surface area contributed by atoms with Crippen molar-refractivity contribution in [1.82, 2.24) is 10.2 Å². The number of nitrogens with zero attached hydrogens (tertiary/aromatic N) is 2. The fourth-order valence-electron chi connectivity index (χ4n) is 2.83. The molecule has 1 aromatic heterocycles. The lowest BCUT2D eigenvalue weighted by Crippen LogP contribution is -2.10. The molecule has 0 radical (unpaired) electrons. The number of Topliss-reactive ketones (excluding diaryl/α,β-unsaturated/α-hetero) is 1. The Morgan fingerprint density at radius 3 is 2.18 bits per heavy atom. The van der Waals surface area contributed by atoms with Gasteiger partial charge in [0.05, 0.1) is 0 Å². The summed E-state index contributed by atoms with van der Waals surface area (Å²) in [6, 6.07) is 26.8. The zero-order chi connectivity index (χ0) is 19.3. The molecule has 0 aliphatic rings. The van der Waals surface area contributed by atoms with E-state index in [1.807, 2.05) is 91.9 Å². The van der Waals surface area contributed by atoms with Gasteiger partial charge < -0.3 is 4.42 Å². The highest BCUT2D eigenvalue weighted by Crippen LogP contribution is 2.38. The van der Waals surface area contributed by atoms with Crippen LogP contribution in [-0.2, 0) is 0 Å². The lowest BCUT2D eigenvalue weighted by atomic mass is 10.0. The zero-order valence-corrected chi connectivity index (χ0v) is 16.1. The Morgan fingerprint density at radius 2 is 1.50 bits per heavy atom. The molecule has 1 unspecified atom stereocenters. The molecule has 0 spiro atoms. The van der Waals surface area contributed by atoms with Crippen LogP contribution in [0.1, 0.15) is 26.7 Å². The number of aromatic nitrogens is 2. The van der Waals surface area contributed by atoms with Gasteiger partial charge in [0.2, 0.25) is 5.89 Å². The van der Waals surface area contributed by atoms with Crippen molar-refractivity contribution in [2.75, 3.05) is 0 Å². The number of hydrogen-bond donors (Lipinski definition) is 0. The van der Waals surface area contributed by atoms with Crippen LogP contribution in [0.4, 0.5) is 0 Å². The summed E-state index contributed by atoms with van der Waals surface area (Å²) in [7, 11) is 0. The first kappa shape index (κ1) is 18.2. The Morgan fingerprint density at radius 1 is 0.857 bits per heavy atom. The summed E-state index contributed by atoms with van der Waals surface area (Å²) >= 11 is 1.27. The second-order valence-corrected chi connectivity index (χ2v) is 7.43. The summed E-state index contributed by atoms with van der Waals surface area (Å²) in [5.41, 5.74) is 3.57. The SMILES string of the molecule is Cc1ccc(-c2nnc(SC(C(=O)c3ccccc3)c3ccccc3)o2)cc1. The van der Waals surface area contributed by atoms with Crippen LogP contribution in [0.5, 0.6) is 0 Å². The van der Waals surface area contributed by atoms with Crippen molar-refractivity contribution in [3.8, 4) is 11.5 Å². The molecule has 0 bridgehead atoms. The Balaban J connectivity index is 1.63. The fraction of sp³-hybridized carbons (Fsp3) is 0.0870. The maximum atomic E-state index is 13.2. The van der Waals surface area contributed by atoms with Crippen molar-refractivity contribution in [2.24, 2.45) is 0 Å². The van der Waals surface area contributed by atoms with Crippen LogP contribution in [0.2, 0.25) is 0 Å². The van der Waals surface area contributed by atoms with E-state index < -0.39 is 5.25 Å². The molecule has 1 atom stereocenters. The van der Waals surface area contributed by atoms with Gasteiger partial charge in [-0.05, 0) is 36.4 Å². The van der Waals surface area contributed by atoms with E-state index in [0.29, 0.717) is 16.7 Å². The Kier molecular flexibility index (Phi) is 5.35. The van der Waals surface area contributed by atoms with Gasteiger partial charge in [-0.3, -0.25) is 4.79 Å². The third kappa shape index (κ3) is 4.05. The minimum absolute atomic E-state index is 0.00638. The van der Waals surface area contributed by atoms with Crippen molar-refractivity contribution in [3.05, 3.63) is 102 Å². The molecule has 4 aromatic rings. The minimum Gasteiger partial charge on any atom is -0.411 e. The average molecular weight is 386 g/mol. The van der Waals surface area contributed by atoms with Crippen LogP contribution in [0.3, 0.4) is 0 Å². The molecule has 0 saturated carbocycles. The lowest BCUT2D eigenvalue weighted by molar-refractivity contribution is 0.0989. The van der Waals surface area contributed by atoms with Crippen LogP contribution < -0.4 is 0 Å². The van der Waals surface area contributed by atoms with Gasteiger partial charge in [0.15, 0.2) is 5.78 Å². The van der Waals surface area contributed by atoms with E-state index in [2.05, 4.69) is 10.2 Å². The molecule has 3 aromatic carbocycles. The molecule has 4 rings (SSSR count). The topological polar surface area (TPSA) is 56.0 Å². The van der Waals surface area contributed by atoms with Gasteiger partial charge >= 0.3 is 0 Å². The zero-order valence-electron chi connectivity index (χ0n) is 15.3. The summed E-state index contributed by atoms with van der Waals surface area (Å²) in [4.78, 5) is 13.2. The predicted octanol–water partition coefficient (Wildman–Crippen LogP) is 5.76. The molecular weight excluding hydrogens is 368 g/mol. The number of carbonyl (C=O) groups excluding carboxylic acids is 1. The van der Waals surface area contributed by atoms with E-state index in [1.165, 1.54) is 11.8 Å². The van der Waals surface area contributed by atoms with Crippen LogP contribution in [0.15, 0.2) is 94.6 Å². The number of hydrogen-bond acceptors (Lipinski definition) is 5. The highest BCUT2D eigenvalue weighted by Gasteiger charge is 2.26. The van der Waals surface area contributed by atoms with E-state index in [0.717, 1.165) is 16.7 Å². The molecular formula is C23H18N2O2S. The van der Waals surface area contributed by atoms with Crippen molar-refractivity contribution in [1.29, 1.82) is 0 Å². The highest BCUT2D eigenvalue weighted by atomic mass is 32.2. The molecule has 0 aliphatic heterocycles. The number of aryl methyl sites for hydroxylation is 1. The molecule has 0 amide bonds. The van der Waals surface area contributed by atoms with E-state index in [1.54, 1.807) is 0 Å². The molecule has 0 saturated heterocycles. The molecule has 28 heavy (non-hydrogen) atoms. The molecule has 0 aliphatic carbocycles. The van der Waals surface area contributed by atoms with Gasteiger partial charge in [0, 0.05) is 11.1 Å². The van der Waals surface area contributed by atoms with Gasteiger partial charge in [0.1, 0.15) is 5.25 Å². The van der Waals surface area contributed by atoms with Crippen molar-refractivity contribution < 1.29 is 9.21 Å². The summed E-state index contributed by atoms with van der Waals surface area (Å²) in [5.74, 6) is 0.452. The molecule has 0 fully saturated rings. The van der Waals surface area contributed by atoms with Gasteiger partial charge in [-0.1, -0.05) is 78.4 Å². The van der Waals surface area contributed by atoms with Gasteiger partial charge in [-0.15, -0.1) is 10.2 Å². The standard InChI is InChI=1S/C23H18N2O2S/c1-16-12-14-19(15-13-16)22-24-25-23(27-22)28-21(18-10-6-3-7-11-18)20(26)17-8-4-2-5-9-17/h2-15,21H,1H3. The average Bonchev–Trinajstić information content (AvgIpc) is 3.22. The van der Waals surface area contributed by atoms with Crippen molar-refractivity contribution in [3.63, 3.8) is 0 Å². The molecule has 138 valence electrons. The van der Waals surface area contributed by atoms with E-state index in [-0.39, 0.29) is 5.78 Å². The number of ketones is 1. The van der Waals surface area contributed by atoms with Crippen LogP contribution >= 0.6 is 11.8 Å². The number of benzene rings is 3. The third-order valence-electron chi connectivity index (χ3n) is 4.32. The number of carbonyl (C=O) groups is 1. The van der Waals surface area contributed by atoms with Crippen LogP contribution in [-0.4, -0.2) is 16.0 Å². The highest BCUT2D eigenvalue weighted by molar-refractivity contribution is 8.00. The Labute approximate surface area is 167 Å². The molecule has 0 N–H and O–H groups in total. The van der Waals surface area contributed by atoms with Gasteiger partial charge in [0.25, 0.3) is 5.22 Å². The first-order valence-corrected chi connectivity index (χ1v) is 9.80. The number of thioether (sulfide) groups is 1. The van der Waals surface area contributed by atoms with E-state index in [4.69, 9.17) is 4.42 Å². The van der Waals surface area contributed by atoms with Crippen molar-refractivity contribution >= 4 is 17.5 Å². The summed E-state index contributed by atoms with van der Waals surface area (Å²) in [6.45, 7) is 2.03. The smallest absolute Gasteiger partial charge is 0.277 e. The molecule has 4 nitrogen and oxygen atoms in total. The fourth-order valence-corrected chi connectivity index (χ4v) is 3.78. The van der Waals surface area contributed by atoms with Gasteiger partial charge in [-0.25, -0.2) is 0 Å². The second kappa shape index (κ2) is 8.23. The summed E-state index contributed by atoms with van der Waals surface area (Å²) < 4.78 is 5.84. The Hall–Kier alpha value is -3.18. The maximum Gasteiger partial charge on any atom is 0.277 e. The maximum absolute atomic E-state index is 13.2.